The fourth-order valence-electron chi connectivity index (χ4n) is 2.43. The lowest BCUT2D eigenvalue weighted by molar-refractivity contribution is 0.670. The van der Waals surface area contributed by atoms with Crippen LogP contribution in [0.4, 0.5) is 0 Å². The maximum Gasteiger partial charge on any atom is 0.143 e. The molecule has 0 N–H and O–H groups in total. The van der Waals surface area contributed by atoms with Crippen LogP contribution in [0.2, 0.25) is 0 Å². The Morgan fingerprint density at radius 3 is 2.63 bits per heavy atom. The summed E-state index contributed by atoms with van der Waals surface area (Å²) in [7, 11) is 0. The van der Waals surface area contributed by atoms with Gasteiger partial charge in [0.15, 0.2) is 0 Å². The Kier molecular flexibility index (Phi) is 2.15. The van der Waals surface area contributed by atoms with E-state index in [9.17, 15) is 0 Å². The van der Waals surface area contributed by atoms with Crippen molar-refractivity contribution in [2.45, 2.75) is 0 Å². The third-order valence-corrected chi connectivity index (χ3v) is 3.33. The summed E-state index contributed by atoms with van der Waals surface area (Å²) in [6.07, 6.45) is 3.58. The first kappa shape index (κ1) is 10.3. The van der Waals surface area contributed by atoms with Crippen LogP contribution in [0.1, 0.15) is 0 Å². The van der Waals surface area contributed by atoms with Gasteiger partial charge in [-0.15, -0.1) is 0 Å². The van der Waals surface area contributed by atoms with Crippen molar-refractivity contribution in [3.05, 3.63) is 67.0 Å². The van der Waals surface area contributed by atoms with Gasteiger partial charge in [-0.25, -0.2) is 0 Å². The van der Waals surface area contributed by atoms with E-state index >= 15 is 0 Å². The van der Waals surface area contributed by atoms with Crippen molar-refractivity contribution < 1.29 is 4.42 Å². The first-order chi connectivity index (χ1) is 9.43. The molecule has 2 aromatic carbocycles. The average Bonchev–Trinajstić information content (AvgIpc) is 2.87. The lowest BCUT2D eigenvalue weighted by Crippen LogP contribution is -1.79. The summed E-state index contributed by atoms with van der Waals surface area (Å²) in [6.45, 7) is 0. The van der Waals surface area contributed by atoms with E-state index < -0.39 is 0 Å². The molecule has 2 nitrogen and oxygen atoms in total. The number of aromatic nitrogens is 1. The summed E-state index contributed by atoms with van der Waals surface area (Å²) in [5.41, 5.74) is 3.96. The molecule has 2 heterocycles. The van der Waals surface area contributed by atoms with E-state index in [-0.39, 0.29) is 0 Å². The molecule has 0 saturated carbocycles. The normalized spacial score (nSPS) is 11.2. The predicted molar refractivity (Wildman–Crippen MR) is 75.8 cm³/mol. The SMILES string of the molecule is [c]1cc(-c2ccncc2)c2oc3ccccc3c2c1. The standard InChI is InChI=1S/C17H10NO/c1-2-7-16-14(4-1)15-6-3-5-13(17(15)19-16)12-8-10-18-11-9-12/h1-2,4-11H. The molecule has 0 saturated heterocycles. The van der Waals surface area contributed by atoms with Gasteiger partial charge in [-0.1, -0.05) is 18.2 Å². The topological polar surface area (TPSA) is 26.0 Å². The van der Waals surface area contributed by atoms with Crippen molar-refractivity contribution in [3.8, 4) is 11.1 Å². The maximum absolute atomic E-state index is 6.00. The zero-order valence-corrected chi connectivity index (χ0v) is 10.1. The summed E-state index contributed by atoms with van der Waals surface area (Å²) < 4.78 is 6.00. The lowest BCUT2D eigenvalue weighted by Gasteiger charge is -2.01. The number of fused-ring (bicyclic) bond motifs is 3. The molecule has 0 aliphatic carbocycles. The Morgan fingerprint density at radius 1 is 0.895 bits per heavy atom. The van der Waals surface area contributed by atoms with E-state index in [1.54, 1.807) is 12.4 Å². The predicted octanol–water partition coefficient (Wildman–Crippen LogP) is 4.45. The van der Waals surface area contributed by atoms with E-state index in [4.69, 9.17) is 4.42 Å². The Bertz CT molecular complexity index is 862. The first-order valence-electron chi connectivity index (χ1n) is 6.15. The minimum Gasteiger partial charge on any atom is -0.455 e. The quantitative estimate of drug-likeness (QED) is 0.494. The molecule has 0 amide bonds. The van der Waals surface area contributed by atoms with Gasteiger partial charge in [0, 0.05) is 28.7 Å². The second kappa shape index (κ2) is 3.95. The first-order valence-corrected chi connectivity index (χ1v) is 6.15. The fraction of sp³-hybridized carbons (Fsp3) is 0. The van der Waals surface area contributed by atoms with E-state index in [1.165, 1.54) is 0 Å². The molecule has 19 heavy (non-hydrogen) atoms. The largest absolute Gasteiger partial charge is 0.455 e. The zero-order chi connectivity index (χ0) is 12.7. The van der Waals surface area contributed by atoms with Crippen LogP contribution >= 0.6 is 0 Å². The Hall–Kier alpha value is -2.61. The minimum atomic E-state index is 0.908. The smallest absolute Gasteiger partial charge is 0.143 e. The van der Waals surface area contributed by atoms with Gasteiger partial charge in [0.1, 0.15) is 11.2 Å². The van der Waals surface area contributed by atoms with Crippen LogP contribution in [0, 0.1) is 6.07 Å². The molecule has 0 atom stereocenters. The van der Waals surface area contributed by atoms with Crippen LogP contribution in [0.5, 0.6) is 0 Å². The summed E-state index contributed by atoms with van der Waals surface area (Å²) in [6, 6.07) is 19.2. The van der Waals surface area contributed by atoms with Crippen LogP contribution in [0.25, 0.3) is 33.1 Å². The monoisotopic (exact) mass is 244 g/mol. The van der Waals surface area contributed by atoms with Gasteiger partial charge in [0.25, 0.3) is 0 Å². The molecule has 2 aromatic heterocycles. The van der Waals surface area contributed by atoms with Gasteiger partial charge in [0.2, 0.25) is 0 Å². The number of nitrogens with zero attached hydrogens (tertiary/aromatic N) is 1. The summed E-state index contributed by atoms with van der Waals surface area (Å²) in [5, 5.41) is 2.23. The van der Waals surface area contributed by atoms with Crippen molar-refractivity contribution in [3.63, 3.8) is 0 Å². The van der Waals surface area contributed by atoms with Crippen molar-refractivity contribution in [1.29, 1.82) is 0 Å². The number of hydrogen-bond donors (Lipinski definition) is 0. The lowest BCUT2D eigenvalue weighted by atomic mass is 10.0. The van der Waals surface area contributed by atoms with Crippen LogP contribution in [-0.4, -0.2) is 4.98 Å². The molecule has 2 heteroatoms. The number of rotatable bonds is 1. The highest BCUT2D eigenvalue weighted by atomic mass is 16.3. The number of furan rings is 1. The maximum atomic E-state index is 6.00. The van der Waals surface area contributed by atoms with Crippen LogP contribution in [0.3, 0.4) is 0 Å². The molecule has 0 unspecified atom stereocenters. The van der Waals surface area contributed by atoms with E-state index in [0.29, 0.717) is 0 Å². The average molecular weight is 244 g/mol. The number of benzene rings is 2. The molecule has 89 valence electrons. The van der Waals surface area contributed by atoms with Gasteiger partial charge in [-0.05, 0) is 42.0 Å². The fourth-order valence-corrected chi connectivity index (χ4v) is 2.43. The van der Waals surface area contributed by atoms with Crippen molar-refractivity contribution >= 4 is 21.9 Å². The van der Waals surface area contributed by atoms with E-state index in [2.05, 4.69) is 17.1 Å². The molecule has 0 fully saturated rings. The van der Waals surface area contributed by atoms with Crippen LogP contribution < -0.4 is 0 Å². The van der Waals surface area contributed by atoms with Gasteiger partial charge < -0.3 is 4.42 Å². The molecule has 4 rings (SSSR count). The van der Waals surface area contributed by atoms with Crippen molar-refractivity contribution in [2.75, 3.05) is 0 Å². The Morgan fingerprint density at radius 2 is 1.74 bits per heavy atom. The zero-order valence-electron chi connectivity index (χ0n) is 10.1. The Labute approximate surface area is 110 Å². The van der Waals surface area contributed by atoms with E-state index in [1.807, 2.05) is 42.5 Å². The number of para-hydroxylation sites is 1. The molecule has 0 spiro atoms. The molecule has 0 aliphatic rings. The van der Waals surface area contributed by atoms with E-state index in [0.717, 1.165) is 33.1 Å². The number of pyridine rings is 1. The van der Waals surface area contributed by atoms with Gasteiger partial charge >= 0.3 is 0 Å². The van der Waals surface area contributed by atoms with Gasteiger partial charge in [-0.3, -0.25) is 4.98 Å². The summed E-state index contributed by atoms with van der Waals surface area (Å²) >= 11 is 0. The highest BCUT2D eigenvalue weighted by Crippen LogP contribution is 2.34. The van der Waals surface area contributed by atoms with Gasteiger partial charge in [-0.2, -0.15) is 0 Å². The molecular formula is C17H10NO. The summed E-state index contributed by atoms with van der Waals surface area (Å²) in [4.78, 5) is 4.05. The van der Waals surface area contributed by atoms with Gasteiger partial charge in [0.05, 0.1) is 0 Å². The van der Waals surface area contributed by atoms with Crippen molar-refractivity contribution in [2.24, 2.45) is 0 Å². The highest BCUT2D eigenvalue weighted by Gasteiger charge is 2.11. The second-order valence-corrected chi connectivity index (χ2v) is 4.45. The molecule has 0 aliphatic heterocycles. The highest BCUT2D eigenvalue weighted by molar-refractivity contribution is 6.09. The molecule has 1 radical (unpaired) electrons. The third kappa shape index (κ3) is 1.54. The number of hydrogen-bond acceptors (Lipinski definition) is 2. The third-order valence-electron chi connectivity index (χ3n) is 3.33. The Balaban J connectivity index is 2.13. The summed E-state index contributed by atoms with van der Waals surface area (Å²) in [5.74, 6) is 0. The van der Waals surface area contributed by atoms with Crippen molar-refractivity contribution in [1.82, 2.24) is 4.98 Å². The minimum absolute atomic E-state index is 0.908. The van der Waals surface area contributed by atoms with Crippen LogP contribution in [0.15, 0.2) is 65.3 Å². The molecular weight excluding hydrogens is 234 g/mol. The molecule has 0 bridgehead atoms. The van der Waals surface area contributed by atoms with Crippen LogP contribution in [-0.2, 0) is 0 Å². The second-order valence-electron chi connectivity index (χ2n) is 4.45. The molecule has 4 aromatic rings.